The maximum absolute atomic E-state index is 13.9. The van der Waals surface area contributed by atoms with E-state index >= 15 is 0 Å². The zero-order valence-electron chi connectivity index (χ0n) is 17.5. The van der Waals surface area contributed by atoms with Crippen molar-refractivity contribution in [1.82, 2.24) is 9.97 Å². The summed E-state index contributed by atoms with van der Waals surface area (Å²) in [7, 11) is 0. The van der Waals surface area contributed by atoms with E-state index in [9.17, 15) is 9.90 Å². The number of hydrogen-bond donors (Lipinski definition) is 3. The molecule has 0 fully saturated rings. The summed E-state index contributed by atoms with van der Waals surface area (Å²) < 4.78 is 6.20. The number of aromatic hydroxyl groups is 1. The minimum Gasteiger partial charge on any atom is -0.507 e. The number of nitrogens with one attached hydrogen (secondary N) is 2. The van der Waals surface area contributed by atoms with Crippen molar-refractivity contribution in [2.24, 2.45) is 5.92 Å². The van der Waals surface area contributed by atoms with Crippen molar-refractivity contribution in [3.05, 3.63) is 95.8 Å². The van der Waals surface area contributed by atoms with Crippen LogP contribution in [0.2, 0.25) is 0 Å². The molecule has 0 radical (unpaired) electrons. The molecule has 2 atom stereocenters. The number of aromatic nitrogens is 2. The number of phenolic OH excluding ortho intramolecular Hbond substituents is 1. The number of para-hydroxylation sites is 2. The SMILES string of the molecule is C[C@@H]1Oc2cccc(O)c2C(=O)[C@@H]1C(c1c[nH]c2ccccc12)c1c[nH]c2ccccc12. The maximum Gasteiger partial charge on any atom is 0.178 e. The number of aromatic amines is 2. The summed E-state index contributed by atoms with van der Waals surface area (Å²) in [5.41, 5.74) is 4.39. The zero-order chi connectivity index (χ0) is 21.8. The van der Waals surface area contributed by atoms with Crippen molar-refractivity contribution in [2.45, 2.75) is 18.9 Å². The topological polar surface area (TPSA) is 78.1 Å². The van der Waals surface area contributed by atoms with Crippen LogP contribution in [0.3, 0.4) is 0 Å². The first kappa shape index (κ1) is 18.8. The number of benzene rings is 3. The summed E-state index contributed by atoms with van der Waals surface area (Å²) in [5.74, 6) is -0.472. The van der Waals surface area contributed by atoms with Crippen LogP contribution in [0.15, 0.2) is 79.1 Å². The second kappa shape index (κ2) is 7.02. The van der Waals surface area contributed by atoms with Gasteiger partial charge in [0.15, 0.2) is 5.78 Å². The van der Waals surface area contributed by atoms with Gasteiger partial charge < -0.3 is 19.8 Å². The van der Waals surface area contributed by atoms with E-state index in [1.165, 1.54) is 0 Å². The Morgan fingerprint density at radius 2 is 1.44 bits per heavy atom. The van der Waals surface area contributed by atoms with Gasteiger partial charge in [0.25, 0.3) is 0 Å². The third-order valence-electron chi connectivity index (χ3n) is 6.64. The predicted octanol–water partition coefficient (Wildman–Crippen LogP) is 5.77. The number of hydrogen-bond acceptors (Lipinski definition) is 3. The highest BCUT2D eigenvalue weighted by Gasteiger charge is 2.44. The fraction of sp³-hybridized carbons (Fsp3) is 0.148. The lowest BCUT2D eigenvalue weighted by Crippen LogP contribution is -2.40. The van der Waals surface area contributed by atoms with Crippen LogP contribution in [0.1, 0.15) is 34.3 Å². The highest BCUT2D eigenvalue weighted by Crippen LogP contribution is 2.47. The third-order valence-corrected chi connectivity index (χ3v) is 6.64. The highest BCUT2D eigenvalue weighted by atomic mass is 16.5. The van der Waals surface area contributed by atoms with Crippen LogP contribution >= 0.6 is 0 Å². The Labute approximate surface area is 184 Å². The normalized spacial score (nSPS) is 18.2. The first-order chi connectivity index (χ1) is 15.6. The molecular weight excluding hydrogens is 400 g/mol. The number of carbonyl (C=O) groups is 1. The molecule has 0 saturated heterocycles. The van der Waals surface area contributed by atoms with E-state index in [0.717, 1.165) is 32.9 Å². The van der Waals surface area contributed by atoms with E-state index in [2.05, 4.69) is 22.1 Å². The Hall–Kier alpha value is -3.99. The number of ether oxygens (including phenoxy) is 1. The lowest BCUT2D eigenvalue weighted by molar-refractivity contribution is 0.0664. The van der Waals surface area contributed by atoms with E-state index in [4.69, 9.17) is 4.74 Å². The van der Waals surface area contributed by atoms with Gasteiger partial charge in [-0.05, 0) is 42.3 Å². The van der Waals surface area contributed by atoms with Crippen LogP contribution in [0.4, 0.5) is 0 Å². The van der Waals surface area contributed by atoms with Crippen LogP contribution in [-0.2, 0) is 0 Å². The summed E-state index contributed by atoms with van der Waals surface area (Å²) in [6.45, 7) is 1.94. The molecule has 0 amide bonds. The maximum atomic E-state index is 13.9. The molecule has 32 heavy (non-hydrogen) atoms. The standard InChI is InChI=1S/C27H22N2O3/c1-15-24(27(31)26-22(30)11-6-12-23(26)32-15)25(18-13-28-20-9-4-2-7-16(18)20)19-14-29-21-10-5-3-8-17(19)21/h2-15,24-25,28-30H,1H3/t15-,24-/m0/s1. The number of phenols is 1. The van der Waals surface area contributed by atoms with Gasteiger partial charge in [-0.1, -0.05) is 42.5 Å². The quantitative estimate of drug-likeness (QED) is 0.346. The largest absolute Gasteiger partial charge is 0.507 e. The summed E-state index contributed by atoms with van der Waals surface area (Å²) in [6.07, 6.45) is 3.62. The average Bonchev–Trinajstić information content (AvgIpc) is 3.41. The third kappa shape index (κ3) is 2.67. The van der Waals surface area contributed by atoms with Crippen molar-refractivity contribution in [1.29, 1.82) is 0 Å². The van der Waals surface area contributed by atoms with E-state index in [-0.39, 0.29) is 29.1 Å². The summed E-state index contributed by atoms with van der Waals surface area (Å²) >= 11 is 0. The Bertz CT molecular complexity index is 1400. The zero-order valence-corrected chi connectivity index (χ0v) is 17.5. The van der Waals surface area contributed by atoms with Crippen LogP contribution < -0.4 is 4.74 Å². The lowest BCUT2D eigenvalue weighted by Gasteiger charge is -2.35. The van der Waals surface area contributed by atoms with E-state index in [1.807, 2.05) is 55.7 Å². The summed E-state index contributed by atoms with van der Waals surface area (Å²) in [6, 6.07) is 21.2. The minimum atomic E-state index is -0.505. The number of ketones is 1. The fourth-order valence-corrected chi connectivity index (χ4v) is 5.20. The molecule has 2 aromatic heterocycles. The van der Waals surface area contributed by atoms with Crippen molar-refractivity contribution in [3.8, 4) is 11.5 Å². The van der Waals surface area contributed by atoms with Gasteiger partial charge in [-0.3, -0.25) is 4.79 Å². The number of fused-ring (bicyclic) bond motifs is 3. The molecule has 5 aromatic rings. The Morgan fingerprint density at radius 1 is 0.844 bits per heavy atom. The van der Waals surface area contributed by atoms with Crippen LogP contribution in [0, 0.1) is 5.92 Å². The molecule has 5 nitrogen and oxygen atoms in total. The molecule has 3 heterocycles. The minimum absolute atomic E-state index is 0.0407. The highest BCUT2D eigenvalue weighted by molar-refractivity contribution is 6.05. The van der Waals surface area contributed by atoms with E-state index in [0.29, 0.717) is 5.75 Å². The molecule has 0 aliphatic carbocycles. The second-order valence-corrected chi connectivity index (χ2v) is 8.42. The molecule has 0 bridgehead atoms. The number of Topliss-reactive ketones (excluding diaryl/α,β-unsaturated/α-hetero) is 1. The summed E-state index contributed by atoms with van der Waals surface area (Å²) in [5, 5.41) is 12.7. The smallest absolute Gasteiger partial charge is 0.178 e. The van der Waals surface area contributed by atoms with Gasteiger partial charge in [0.2, 0.25) is 0 Å². The molecule has 1 aliphatic heterocycles. The molecular formula is C27H22N2O3. The molecule has 3 aromatic carbocycles. The van der Waals surface area contributed by atoms with Gasteiger partial charge in [-0.15, -0.1) is 0 Å². The van der Waals surface area contributed by atoms with Gasteiger partial charge in [0, 0.05) is 40.1 Å². The molecule has 0 saturated carbocycles. The molecule has 1 aliphatic rings. The monoisotopic (exact) mass is 422 g/mol. The molecule has 158 valence electrons. The number of rotatable bonds is 3. The van der Waals surface area contributed by atoms with Crippen molar-refractivity contribution in [2.75, 3.05) is 0 Å². The molecule has 5 heteroatoms. The van der Waals surface area contributed by atoms with Gasteiger partial charge in [-0.25, -0.2) is 0 Å². The van der Waals surface area contributed by atoms with Crippen LogP contribution in [0.25, 0.3) is 21.8 Å². The Balaban J connectivity index is 1.61. The van der Waals surface area contributed by atoms with Gasteiger partial charge in [-0.2, -0.15) is 0 Å². The first-order valence-corrected chi connectivity index (χ1v) is 10.8. The fourth-order valence-electron chi connectivity index (χ4n) is 5.20. The van der Waals surface area contributed by atoms with E-state index < -0.39 is 5.92 Å². The molecule has 0 spiro atoms. The molecule has 6 rings (SSSR count). The van der Waals surface area contributed by atoms with Gasteiger partial charge >= 0.3 is 0 Å². The molecule has 0 unspecified atom stereocenters. The molecule has 3 N–H and O–H groups in total. The summed E-state index contributed by atoms with van der Waals surface area (Å²) in [4.78, 5) is 20.6. The predicted molar refractivity (Wildman–Crippen MR) is 124 cm³/mol. The number of carbonyl (C=O) groups excluding carboxylic acids is 1. The first-order valence-electron chi connectivity index (χ1n) is 10.8. The van der Waals surface area contributed by atoms with E-state index in [1.54, 1.807) is 18.2 Å². The van der Waals surface area contributed by atoms with Crippen molar-refractivity contribution >= 4 is 27.6 Å². The van der Waals surface area contributed by atoms with Gasteiger partial charge in [0.1, 0.15) is 23.2 Å². The Kier molecular flexibility index (Phi) is 4.12. The average molecular weight is 422 g/mol. The lowest BCUT2D eigenvalue weighted by atomic mass is 9.73. The second-order valence-electron chi connectivity index (χ2n) is 8.42. The van der Waals surface area contributed by atoms with Crippen LogP contribution in [0.5, 0.6) is 11.5 Å². The Morgan fingerprint density at radius 3 is 2.06 bits per heavy atom. The number of H-pyrrole nitrogens is 2. The van der Waals surface area contributed by atoms with Crippen molar-refractivity contribution < 1.29 is 14.6 Å². The van der Waals surface area contributed by atoms with Gasteiger partial charge in [0.05, 0.1) is 5.92 Å². The van der Waals surface area contributed by atoms with Crippen LogP contribution in [-0.4, -0.2) is 27.0 Å². The van der Waals surface area contributed by atoms with Crippen molar-refractivity contribution in [3.63, 3.8) is 0 Å².